The molecule has 1 aliphatic rings. The van der Waals surface area contributed by atoms with Crippen LogP contribution in [0.15, 0.2) is 54.6 Å². The Bertz CT molecular complexity index is 747. The smallest absolute Gasteiger partial charge is 0.414 e. The van der Waals surface area contributed by atoms with Gasteiger partial charge in [-0.05, 0) is 49.6 Å². The zero-order chi connectivity index (χ0) is 18.4. The van der Waals surface area contributed by atoms with Crippen LogP contribution >= 0.6 is 0 Å². The van der Waals surface area contributed by atoms with Gasteiger partial charge in [-0.2, -0.15) is 0 Å². The molecule has 2 N–H and O–H groups in total. The number of amides is 3. The third kappa shape index (κ3) is 4.75. The van der Waals surface area contributed by atoms with Crippen LogP contribution in [0, 0.1) is 0 Å². The second-order valence-corrected chi connectivity index (χ2v) is 6.34. The molecule has 1 heterocycles. The highest BCUT2D eigenvalue weighted by Gasteiger charge is 2.23. The number of nitrogens with one attached hydrogen (secondary N) is 2. The molecule has 1 unspecified atom stereocenters. The van der Waals surface area contributed by atoms with Crippen molar-refractivity contribution in [1.82, 2.24) is 5.32 Å². The maximum Gasteiger partial charge on any atom is 0.414 e. The minimum Gasteiger partial charge on any atom is -0.447 e. The molecule has 3 rings (SSSR count). The van der Waals surface area contributed by atoms with Gasteiger partial charge < -0.3 is 15.4 Å². The molecule has 2 aromatic rings. The molecule has 3 amide bonds. The normalized spacial score (nSPS) is 14.7. The van der Waals surface area contributed by atoms with Gasteiger partial charge in [0, 0.05) is 17.4 Å². The first-order chi connectivity index (χ1) is 12.6. The van der Waals surface area contributed by atoms with Crippen molar-refractivity contribution in [3.05, 3.63) is 60.2 Å². The van der Waals surface area contributed by atoms with Gasteiger partial charge in [0.2, 0.25) is 0 Å². The van der Waals surface area contributed by atoms with E-state index >= 15 is 0 Å². The van der Waals surface area contributed by atoms with Gasteiger partial charge >= 0.3 is 12.1 Å². The summed E-state index contributed by atoms with van der Waals surface area (Å²) < 4.78 is 4.92. The monoisotopic (exact) mass is 353 g/mol. The van der Waals surface area contributed by atoms with Crippen molar-refractivity contribution in [2.45, 2.75) is 25.8 Å². The summed E-state index contributed by atoms with van der Waals surface area (Å²) >= 11 is 0. The van der Waals surface area contributed by atoms with E-state index in [0.717, 1.165) is 18.5 Å². The van der Waals surface area contributed by atoms with E-state index in [1.807, 2.05) is 25.1 Å². The first-order valence-corrected chi connectivity index (χ1v) is 8.77. The highest BCUT2D eigenvalue weighted by Crippen LogP contribution is 2.21. The highest BCUT2D eigenvalue weighted by molar-refractivity contribution is 5.91. The number of urea groups is 1. The number of anilines is 2. The third-order valence-electron chi connectivity index (χ3n) is 4.28. The third-order valence-corrected chi connectivity index (χ3v) is 4.28. The number of carbonyl (C=O) groups is 2. The summed E-state index contributed by atoms with van der Waals surface area (Å²) in [5, 5.41) is 5.76. The summed E-state index contributed by atoms with van der Waals surface area (Å²) in [6.07, 6.45) is 1.45. The molecule has 2 aromatic carbocycles. The molecule has 6 heteroatoms. The number of aryl methyl sites for hydroxylation is 1. The quantitative estimate of drug-likeness (QED) is 0.830. The fourth-order valence-electron chi connectivity index (χ4n) is 2.84. The lowest BCUT2D eigenvalue weighted by atomic mass is 10.1. The summed E-state index contributed by atoms with van der Waals surface area (Å²) in [5.41, 5.74) is 2.70. The van der Waals surface area contributed by atoms with Crippen molar-refractivity contribution >= 4 is 23.5 Å². The summed E-state index contributed by atoms with van der Waals surface area (Å²) in [7, 11) is 0. The molecule has 0 bridgehead atoms. The number of hydrogen-bond acceptors (Lipinski definition) is 3. The molecule has 1 fully saturated rings. The largest absolute Gasteiger partial charge is 0.447 e. The van der Waals surface area contributed by atoms with Crippen LogP contribution in [-0.4, -0.2) is 31.3 Å². The Hall–Kier alpha value is -3.02. The van der Waals surface area contributed by atoms with Gasteiger partial charge in [-0.1, -0.05) is 30.3 Å². The van der Waals surface area contributed by atoms with E-state index in [-0.39, 0.29) is 18.2 Å². The van der Waals surface area contributed by atoms with Crippen LogP contribution in [-0.2, 0) is 11.2 Å². The van der Waals surface area contributed by atoms with Gasteiger partial charge in [0.15, 0.2) is 0 Å². The van der Waals surface area contributed by atoms with Crippen LogP contribution < -0.4 is 15.5 Å². The lowest BCUT2D eigenvalue weighted by Crippen LogP contribution is -2.36. The van der Waals surface area contributed by atoms with Crippen LogP contribution in [0.5, 0.6) is 0 Å². The van der Waals surface area contributed by atoms with Crippen molar-refractivity contribution < 1.29 is 14.3 Å². The Morgan fingerprint density at radius 3 is 2.54 bits per heavy atom. The van der Waals surface area contributed by atoms with Crippen molar-refractivity contribution in [3.63, 3.8) is 0 Å². The Kier molecular flexibility index (Phi) is 5.73. The maximum atomic E-state index is 12.1. The van der Waals surface area contributed by atoms with Crippen LogP contribution in [0.2, 0.25) is 0 Å². The summed E-state index contributed by atoms with van der Waals surface area (Å²) in [6.45, 7) is 2.94. The number of rotatable bonds is 6. The Labute approximate surface area is 153 Å². The highest BCUT2D eigenvalue weighted by atomic mass is 16.6. The second kappa shape index (κ2) is 8.38. The van der Waals surface area contributed by atoms with E-state index in [1.54, 1.807) is 29.2 Å². The number of nitrogens with zero attached hydrogens (tertiary/aromatic N) is 1. The molecule has 136 valence electrons. The molecule has 0 saturated carbocycles. The van der Waals surface area contributed by atoms with E-state index in [2.05, 4.69) is 22.8 Å². The van der Waals surface area contributed by atoms with Crippen LogP contribution in [0.1, 0.15) is 18.9 Å². The van der Waals surface area contributed by atoms with Gasteiger partial charge in [0.05, 0.1) is 6.54 Å². The molecule has 26 heavy (non-hydrogen) atoms. The molecule has 0 spiro atoms. The number of carbonyl (C=O) groups excluding carboxylic acids is 2. The molecule has 1 saturated heterocycles. The zero-order valence-electron chi connectivity index (χ0n) is 14.8. The fourth-order valence-corrected chi connectivity index (χ4v) is 2.84. The molecule has 1 atom stereocenters. The van der Waals surface area contributed by atoms with Crippen LogP contribution in [0.25, 0.3) is 0 Å². The number of cyclic esters (lactones) is 1. The molecular formula is C20H23N3O3. The Morgan fingerprint density at radius 2 is 1.88 bits per heavy atom. The lowest BCUT2D eigenvalue weighted by molar-refractivity contribution is 0.181. The predicted molar refractivity (Wildman–Crippen MR) is 102 cm³/mol. The fraction of sp³-hybridized carbons (Fsp3) is 0.300. The SMILES string of the molecule is CC(CCc1ccccc1)NC(=O)Nc1ccc(N2CCOC2=O)cc1. The Balaban J connectivity index is 1.46. The first-order valence-electron chi connectivity index (χ1n) is 8.77. The summed E-state index contributed by atoms with van der Waals surface area (Å²) in [4.78, 5) is 25.2. The van der Waals surface area contributed by atoms with Gasteiger partial charge in [-0.3, -0.25) is 4.90 Å². The topological polar surface area (TPSA) is 70.7 Å². The molecule has 6 nitrogen and oxygen atoms in total. The van der Waals surface area contributed by atoms with Crippen LogP contribution in [0.4, 0.5) is 21.0 Å². The predicted octanol–water partition coefficient (Wildman–Crippen LogP) is 3.79. The number of ether oxygens (including phenoxy) is 1. The number of hydrogen-bond donors (Lipinski definition) is 2. The van der Waals surface area contributed by atoms with Gasteiger partial charge in [0.1, 0.15) is 6.61 Å². The van der Waals surface area contributed by atoms with E-state index in [1.165, 1.54) is 5.56 Å². The van der Waals surface area contributed by atoms with Gasteiger partial charge in [-0.25, -0.2) is 9.59 Å². The minimum absolute atomic E-state index is 0.0637. The standard InChI is InChI=1S/C20H23N3O3/c1-15(7-8-16-5-3-2-4-6-16)21-19(24)22-17-9-11-18(12-10-17)23-13-14-26-20(23)25/h2-6,9-12,15H,7-8,13-14H2,1H3,(H2,21,22,24). The van der Waals surface area contributed by atoms with E-state index in [0.29, 0.717) is 18.8 Å². The zero-order valence-corrected chi connectivity index (χ0v) is 14.8. The molecular weight excluding hydrogens is 330 g/mol. The van der Waals surface area contributed by atoms with E-state index < -0.39 is 0 Å². The average Bonchev–Trinajstić information content (AvgIpc) is 3.07. The van der Waals surface area contributed by atoms with Crippen molar-refractivity contribution in [1.29, 1.82) is 0 Å². The molecule has 0 aromatic heterocycles. The minimum atomic E-state index is -0.337. The van der Waals surface area contributed by atoms with Crippen molar-refractivity contribution in [2.75, 3.05) is 23.4 Å². The van der Waals surface area contributed by atoms with Crippen molar-refractivity contribution in [2.24, 2.45) is 0 Å². The Morgan fingerprint density at radius 1 is 1.15 bits per heavy atom. The van der Waals surface area contributed by atoms with E-state index in [9.17, 15) is 9.59 Å². The molecule has 0 radical (unpaired) electrons. The van der Waals surface area contributed by atoms with Gasteiger partial charge in [0.25, 0.3) is 0 Å². The maximum absolute atomic E-state index is 12.1. The lowest BCUT2D eigenvalue weighted by Gasteiger charge is -2.16. The number of benzene rings is 2. The van der Waals surface area contributed by atoms with Crippen LogP contribution in [0.3, 0.4) is 0 Å². The average molecular weight is 353 g/mol. The first kappa shape index (κ1) is 17.8. The van der Waals surface area contributed by atoms with Crippen molar-refractivity contribution in [3.8, 4) is 0 Å². The summed E-state index contributed by atoms with van der Waals surface area (Å²) in [5.74, 6) is 0. The van der Waals surface area contributed by atoms with Gasteiger partial charge in [-0.15, -0.1) is 0 Å². The summed E-state index contributed by atoms with van der Waals surface area (Å²) in [6, 6.07) is 17.2. The second-order valence-electron chi connectivity index (χ2n) is 6.34. The van der Waals surface area contributed by atoms with E-state index in [4.69, 9.17) is 4.74 Å². The molecule has 1 aliphatic heterocycles. The molecule has 0 aliphatic carbocycles.